The van der Waals surface area contributed by atoms with Gasteiger partial charge in [0, 0.05) is 16.5 Å². The van der Waals surface area contributed by atoms with Crippen LogP contribution in [-0.2, 0) is 0 Å². The highest BCUT2D eigenvalue weighted by Crippen LogP contribution is 2.37. The maximum atomic E-state index is 3.40. The van der Waals surface area contributed by atoms with Gasteiger partial charge in [0.15, 0.2) is 0 Å². The monoisotopic (exact) mass is 169 g/mol. The maximum absolute atomic E-state index is 3.40. The second-order valence-corrected chi connectivity index (χ2v) is 4.83. The smallest absolute Gasteiger partial charge is 0.0241 e. The highest BCUT2D eigenvalue weighted by Gasteiger charge is 2.30. The molecule has 2 heterocycles. The molecule has 1 fully saturated rings. The molecule has 2 heteroatoms. The van der Waals surface area contributed by atoms with Crippen LogP contribution in [0.5, 0.6) is 0 Å². The lowest BCUT2D eigenvalue weighted by molar-refractivity contribution is 0.468. The lowest BCUT2D eigenvalue weighted by atomic mass is 9.99. The molecule has 0 spiro atoms. The van der Waals surface area contributed by atoms with Gasteiger partial charge in [0.05, 0.1) is 0 Å². The summed E-state index contributed by atoms with van der Waals surface area (Å²) in [6.45, 7) is 0. The van der Waals surface area contributed by atoms with Gasteiger partial charge in [-0.3, -0.25) is 0 Å². The normalized spacial score (nSPS) is 42.5. The van der Waals surface area contributed by atoms with E-state index in [0.29, 0.717) is 0 Å². The summed E-state index contributed by atoms with van der Waals surface area (Å²) in [5.74, 6) is 0. The van der Waals surface area contributed by atoms with Crippen molar-refractivity contribution in [1.29, 1.82) is 0 Å². The van der Waals surface area contributed by atoms with Crippen LogP contribution < -0.4 is 5.32 Å². The Kier molecular flexibility index (Phi) is 2.23. The molecule has 3 unspecified atom stereocenters. The van der Waals surface area contributed by atoms with Crippen molar-refractivity contribution < 1.29 is 0 Å². The molecule has 1 nitrogen and oxygen atoms in total. The Balaban J connectivity index is 2.05. The van der Waals surface area contributed by atoms with Crippen molar-refractivity contribution in [2.45, 2.75) is 35.8 Å². The van der Waals surface area contributed by atoms with Crippen LogP contribution in [0.15, 0.2) is 12.2 Å². The summed E-state index contributed by atoms with van der Waals surface area (Å²) in [5, 5.41) is 5.09. The van der Waals surface area contributed by atoms with E-state index in [1.165, 1.54) is 19.3 Å². The fraction of sp³-hybridized carbons (Fsp3) is 0.778. The molecule has 0 aromatic carbocycles. The molecule has 2 rings (SSSR count). The van der Waals surface area contributed by atoms with E-state index in [-0.39, 0.29) is 0 Å². The minimum atomic E-state index is 0.765. The Bertz CT molecular complexity index is 167. The SMILES string of the molecule is CNC1CCC2C=CCC1S2. The molecule has 0 saturated carbocycles. The molecule has 1 saturated heterocycles. The molecule has 2 aliphatic heterocycles. The first-order valence-corrected chi connectivity index (χ1v) is 5.34. The Morgan fingerprint density at radius 1 is 1.45 bits per heavy atom. The van der Waals surface area contributed by atoms with Gasteiger partial charge in [-0.05, 0) is 26.3 Å². The van der Waals surface area contributed by atoms with E-state index in [9.17, 15) is 0 Å². The standard InChI is InChI=1S/C9H15NS/c1-10-8-6-5-7-3-2-4-9(8)11-7/h2-3,7-10H,4-6H2,1H3. The van der Waals surface area contributed by atoms with E-state index in [1.807, 2.05) is 0 Å². The molecule has 62 valence electrons. The quantitative estimate of drug-likeness (QED) is 0.601. The molecule has 0 radical (unpaired) electrons. The van der Waals surface area contributed by atoms with Gasteiger partial charge in [0.2, 0.25) is 0 Å². The van der Waals surface area contributed by atoms with Crippen LogP contribution in [0.3, 0.4) is 0 Å². The van der Waals surface area contributed by atoms with Crippen molar-refractivity contribution in [3.05, 3.63) is 12.2 Å². The van der Waals surface area contributed by atoms with E-state index in [1.54, 1.807) is 0 Å². The van der Waals surface area contributed by atoms with Crippen LogP contribution in [0.4, 0.5) is 0 Å². The first-order valence-electron chi connectivity index (χ1n) is 4.39. The van der Waals surface area contributed by atoms with Crippen LogP contribution in [0.25, 0.3) is 0 Å². The number of rotatable bonds is 1. The Morgan fingerprint density at radius 3 is 3.18 bits per heavy atom. The van der Waals surface area contributed by atoms with Crippen molar-refractivity contribution in [1.82, 2.24) is 5.32 Å². The summed E-state index contributed by atoms with van der Waals surface area (Å²) in [4.78, 5) is 0. The largest absolute Gasteiger partial charge is 0.316 e. The van der Waals surface area contributed by atoms with Crippen molar-refractivity contribution in [2.75, 3.05) is 7.05 Å². The van der Waals surface area contributed by atoms with Crippen molar-refractivity contribution in [3.8, 4) is 0 Å². The molecular weight excluding hydrogens is 154 g/mol. The third kappa shape index (κ3) is 1.47. The second kappa shape index (κ2) is 3.20. The van der Waals surface area contributed by atoms with Crippen LogP contribution in [0.1, 0.15) is 19.3 Å². The highest BCUT2D eigenvalue weighted by atomic mass is 32.2. The minimum Gasteiger partial charge on any atom is -0.316 e. The topological polar surface area (TPSA) is 12.0 Å². The van der Waals surface area contributed by atoms with Gasteiger partial charge in [-0.15, -0.1) is 11.8 Å². The van der Waals surface area contributed by atoms with Gasteiger partial charge in [-0.1, -0.05) is 12.2 Å². The molecule has 2 aliphatic rings. The van der Waals surface area contributed by atoms with Gasteiger partial charge in [0.1, 0.15) is 0 Å². The minimum absolute atomic E-state index is 0.765. The van der Waals surface area contributed by atoms with E-state index in [4.69, 9.17) is 0 Å². The summed E-state index contributed by atoms with van der Waals surface area (Å²) >= 11 is 2.16. The van der Waals surface area contributed by atoms with Gasteiger partial charge in [-0.2, -0.15) is 0 Å². The van der Waals surface area contributed by atoms with Crippen LogP contribution in [0.2, 0.25) is 0 Å². The van der Waals surface area contributed by atoms with E-state index in [2.05, 4.69) is 36.3 Å². The van der Waals surface area contributed by atoms with Crippen LogP contribution in [-0.4, -0.2) is 23.6 Å². The number of thioether (sulfide) groups is 1. The lowest BCUT2D eigenvalue weighted by Gasteiger charge is -2.36. The van der Waals surface area contributed by atoms with Gasteiger partial charge in [0.25, 0.3) is 0 Å². The summed E-state index contributed by atoms with van der Waals surface area (Å²) in [6.07, 6.45) is 8.74. The van der Waals surface area contributed by atoms with Gasteiger partial charge in [-0.25, -0.2) is 0 Å². The maximum Gasteiger partial charge on any atom is 0.0241 e. The summed E-state index contributed by atoms with van der Waals surface area (Å²) in [7, 11) is 2.09. The van der Waals surface area contributed by atoms with Gasteiger partial charge < -0.3 is 5.32 Å². The zero-order valence-corrected chi connectivity index (χ0v) is 7.73. The van der Waals surface area contributed by atoms with Crippen molar-refractivity contribution in [2.24, 2.45) is 0 Å². The number of allylic oxidation sites excluding steroid dienone is 1. The lowest BCUT2D eigenvalue weighted by Crippen LogP contribution is -2.41. The zero-order chi connectivity index (χ0) is 7.68. The first-order chi connectivity index (χ1) is 5.40. The fourth-order valence-corrected chi connectivity index (χ4v) is 3.58. The zero-order valence-electron chi connectivity index (χ0n) is 6.92. The number of nitrogens with one attached hydrogen (secondary N) is 1. The fourth-order valence-electron chi connectivity index (χ4n) is 1.97. The number of fused-ring (bicyclic) bond motifs is 2. The van der Waals surface area contributed by atoms with E-state index in [0.717, 1.165) is 16.5 Å². The van der Waals surface area contributed by atoms with Gasteiger partial charge >= 0.3 is 0 Å². The average molecular weight is 169 g/mol. The molecule has 0 aromatic heterocycles. The molecular formula is C9H15NS. The summed E-state index contributed by atoms with van der Waals surface area (Å²) < 4.78 is 0. The highest BCUT2D eigenvalue weighted by molar-refractivity contribution is 8.00. The van der Waals surface area contributed by atoms with Crippen molar-refractivity contribution >= 4 is 11.8 Å². The first kappa shape index (κ1) is 7.69. The molecule has 1 N–H and O–H groups in total. The van der Waals surface area contributed by atoms with E-state index >= 15 is 0 Å². The molecule has 0 aromatic rings. The molecule has 11 heavy (non-hydrogen) atoms. The van der Waals surface area contributed by atoms with Crippen LogP contribution in [0, 0.1) is 0 Å². The average Bonchev–Trinajstić information content (AvgIpc) is 2.06. The van der Waals surface area contributed by atoms with Crippen molar-refractivity contribution in [3.63, 3.8) is 0 Å². The van der Waals surface area contributed by atoms with E-state index < -0.39 is 0 Å². The summed E-state index contributed by atoms with van der Waals surface area (Å²) in [6, 6.07) is 0.765. The second-order valence-electron chi connectivity index (χ2n) is 3.35. The van der Waals surface area contributed by atoms with Crippen LogP contribution >= 0.6 is 11.8 Å². The number of hydrogen-bond donors (Lipinski definition) is 1. The third-order valence-corrected chi connectivity index (χ3v) is 4.26. The molecule has 0 amide bonds. The summed E-state index contributed by atoms with van der Waals surface area (Å²) in [5.41, 5.74) is 0. The number of hydrogen-bond acceptors (Lipinski definition) is 2. The Hall–Kier alpha value is 0.0500. The molecule has 0 aliphatic carbocycles. The third-order valence-electron chi connectivity index (χ3n) is 2.65. The predicted molar refractivity (Wildman–Crippen MR) is 51.0 cm³/mol. The molecule has 3 atom stereocenters. The predicted octanol–water partition coefficient (Wildman–Crippen LogP) is 1.80. The Morgan fingerprint density at radius 2 is 2.36 bits per heavy atom. The molecule has 2 bridgehead atoms. The Labute approximate surface area is 72.6 Å².